The number of ether oxygens (including phenoxy) is 2. The Balaban J connectivity index is 1.70. The molecule has 0 saturated carbocycles. The molecule has 0 aromatic heterocycles. The first kappa shape index (κ1) is 19.6. The van der Waals surface area contributed by atoms with E-state index in [9.17, 15) is 0 Å². The third-order valence-electron chi connectivity index (χ3n) is 4.52. The predicted octanol–water partition coefficient (Wildman–Crippen LogP) is 2.95. The van der Waals surface area contributed by atoms with Crippen LogP contribution in [0.25, 0.3) is 0 Å². The maximum atomic E-state index is 5.70. The summed E-state index contributed by atoms with van der Waals surface area (Å²) in [6.45, 7) is 6.59. The second-order valence-electron chi connectivity index (χ2n) is 6.68. The third-order valence-corrected chi connectivity index (χ3v) is 4.52. The van der Waals surface area contributed by atoms with E-state index >= 15 is 0 Å². The van der Waals surface area contributed by atoms with Crippen molar-refractivity contribution in [1.29, 1.82) is 0 Å². The Bertz CT molecular complexity index is 510. The van der Waals surface area contributed by atoms with Crippen LogP contribution in [-0.4, -0.2) is 57.9 Å². The molecule has 1 N–H and O–H groups in total. The second-order valence-corrected chi connectivity index (χ2v) is 6.68. The second kappa shape index (κ2) is 11.0. The molecule has 25 heavy (non-hydrogen) atoms. The molecule has 1 atom stereocenters. The Morgan fingerprint density at radius 2 is 2.16 bits per heavy atom. The van der Waals surface area contributed by atoms with Crippen molar-refractivity contribution in [3.8, 4) is 5.75 Å². The van der Waals surface area contributed by atoms with Crippen molar-refractivity contribution < 1.29 is 9.47 Å². The monoisotopic (exact) mass is 347 g/mol. The molecule has 0 radical (unpaired) electrons. The highest BCUT2D eigenvalue weighted by Gasteiger charge is 2.18. The lowest BCUT2D eigenvalue weighted by atomic mass is 10.1. The summed E-state index contributed by atoms with van der Waals surface area (Å²) in [6.07, 6.45) is 4.38. The van der Waals surface area contributed by atoms with Gasteiger partial charge in [0, 0.05) is 39.7 Å². The number of nitrogens with zero attached hydrogens (tertiary/aromatic N) is 2. The van der Waals surface area contributed by atoms with Gasteiger partial charge in [0.1, 0.15) is 5.75 Å². The predicted molar refractivity (Wildman–Crippen MR) is 103 cm³/mol. The van der Waals surface area contributed by atoms with Gasteiger partial charge in [0.15, 0.2) is 5.96 Å². The van der Waals surface area contributed by atoms with E-state index in [-0.39, 0.29) is 0 Å². The van der Waals surface area contributed by atoms with Crippen LogP contribution in [0.2, 0.25) is 0 Å². The van der Waals surface area contributed by atoms with Gasteiger partial charge in [-0.3, -0.25) is 4.99 Å². The van der Waals surface area contributed by atoms with Crippen LogP contribution in [0, 0.1) is 5.92 Å². The Hall–Kier alpha value is -1.75. The molecular formula is C20H33N3O2. The largest absolute Gasteiger partial charge is 0.494 e. The molecule has 2 rings (SSSR count). The topological polar surface area (TPSA) is 46.1 Å². The zero-order valence-electron chi connectivity index (χ0n) is 16.0. The van der Waals surface area contributed by atoms with Gasteiger partial charge in [0.05, 0.1) is 13.2 Å². The lowest BCUT2D eigenvalue weighted by molar-refractivity contribution is 0.181. The summed E-state index contributed by atoms with van der Waals surface area (Å²) in [6, 6.07) is 8.41. The highest BCUT2D eigenvalue weighted by atomic mass is 16.5. The minimum Gasteiger partial charge on any atom is -0.494 e. The molecule has 5 heteroatoms. The van der Waals surface area contributed by atoms with Crippen LogP contribution >= 0.6 is 0 Å². The van der Waals surface area contributed by atoms with E-state index in [4.69, 9.17) is 9.47 Å². The zero-order valence-corrected chi connectivity index (χ0v) is 16.0. The van der Waals surface area contributed by atoms with E-state index in [0.717, 1.165) is 70.3 Å². The minimum atomic E-state index is 0.615. The summed E-state index contributed by atoms with van der Waals surface area (Å²) in [5.74, 6) is 2.52. The van der Waals surface area contributed by atoms with Crippen molar-refractivity contribution >= 4 is 5.96 Å². The van der Waals surface area contributed by atoms with Crippen molar-refractivity contribution in [2.24, 2.45) is 10.9 Å². The standard InChI is InChI=1S/C20H33N3O2/c1-4-5-13-25-19-8-6-17(7-9-19)10-12-22-20(21-2)23(3)15-18-11-14-24-16-18/h6-9,18H,4-5,10-16H2,1-3H3,(H,21,22). The van der Waals surface area contributed by atoms with Crippen LogP contribution < -0.4 is 10.1 Å². The summed E-state index contributed by atoms with van der Waals surface area (Å²) < 4.78 is 11.2. The number of unbranched alkanes of at least 4 members (excludes halogenated alkanes) is 1. The molecule has 1 aliphatic heterocycles. The lowest BCUT2D eigenvalue weighted by Gasteiger charge is -2.24. The number of hydrogen-bond donors (Lipinski definition) is 1. The molecule has 1 aliphatic rings. The fourth-order valence-corrected chi connectivity index (χ4v) is 2.99. The number of aliphatic imine (C=N–C) groups is 1. The summed E-state index contributed by atoms with van der Waals surface area (Å²) in [7, 11) is 3.93. The number of benzene rings is 1. The molecule has 140 valence electrons. The summed E-state index contributed by atoms with van der Waals surface area (Å²) in [5, 5.41) is 3.45. The molecule has 1 aromatic carbocycles. The average molecular weight is 348 g/mol. The maximum Gasteiger partial charge on any atom is 0.193 e. The summed E-state index contributed by atoms with van der Waals surface area (Å²) in [5.41, 5.74) is 1.30. The van der Waals surface area contributed by atoms with Crippen LogP contribution in [0.4, 0.5) is 0 Å². The molecule has 1 fully saturated rings. The Kier molecular flexibility index (Phi) is 8.60. The Labute approximate surface area is 152 Å². The van der Waals surface area contributed by atoms with Gasteiger partial charge in [-0.1, -0.05) is 25.5 Å². The van der Waals surface area contributed by atoms with Gasteiger partial charge in [-0.25, -0.2) is 0 Å². The fourth-order valence-electron chi connectivity index (χ4n) is 2.99. The van der Waals surface area contributed by atoms with E-state index < -0.39 is 0 Å². The van der Waals surface area contributed by atoms with E-state index in [1.165, 1.54) is 5.56 Å². The van der Waals surface area contributed by atoms with Gasteiger partial charge >= 0.3 is 0 Å². The average Bonchev–Trinajstić information content (AvgIpc) is 3.13. The van der Waals surface area contributed by atoms with Crippen molar-refractivity contribution in [3.05, 3.63) is 29.8 Å². The maximum absolute atomic E-state index is 5.70. The fraction of sp³-hybridized carbons (Fsp3) is 0.650. The van der Waals surface area contributed by atoms with Crippen LogP contribution in [0.1, 0.15) is 31.7 Å². The number of nitrogens with one attached hydrogen (secondary N) is 1. The number of rotatable bonds is 9. The van der Waals surface area contributed by atoms with E-state index in [1.807, 2.05) is 7.05 Å². The quantitative estimate of drug-likeness (QED) is 0.424. The van der Waals surface area contributed by atoms with E-state index in [1.54, 1.807) is 0 Å². The first-order chi connectivity index (χ1) is 12.2. The van der Waals surface area contributed by atoms with Crippen molar-refractivity contribution in [2.45, 2.75) is 32.6 Å². The molecule has 0 bridgehead atoms. The van der Waals surface area contributed by atoms with Crippen LogP contribution in [0.5, 0.6) is 5.75 Å². The van der Waals surface area contributed by atoms with Gasteiger partial charge in [0.2, 0.25) is 0 Å². The Morgan fingerprint density at radius 1 is 1.36 bits per heavy atom. The summed E-state index contributed by atoms with van der Waals surface area (Å²) in [4.78, 5) is 6.59. The molecule has 0 spiro atoms. The van der Waals surface area contributed by atoms with Gasteiger partial charge < -0.3 is 19.7 Å². The van der Waals surface area contributed by atoms with E-state index in [0.29, 0.717) is 5.92 Å². The highest BCUT2D eigenvalue weighted by Crippen LogP contribution is 2.14. The molecule has 5 nitrogen and oxygen atoms in total. The van der Waals surface area contributed by atoms with Crippen molar-refractivity contribution in [3.63, 3.8) is 0 Å². The van der Waals surface area contributed by atoms with Gasteiger partial charge in [-0.2, -0.15) is 0 Å². The molecular weight excluding hydrogens is 314 g/mol. The first-order valence-corrected chi connectivity index (χ1v) is 9.44. The number of hydrogen-bond acceptors (Lipinski definition) is 3. The van der Waals surface area contributed by atoms with Crippen molar-refractivity contribution in [2.75, 3.05) is 47.0 Å². The van der Waals surface area contributed by atoms with Crippen LogP contribution in [-0.2, 0) is 11.2 Å². The molecule has 1 saturated heterocycles. The van der Waals surface area contributed by atoms with Gasteiger partial charge in [-0.05, 0) is 37.0 Å². The SMILES string of the molecule is CCCCOc1ccc(CCNC(=NC)N(C)CC2CCOC2)cc1. The van der Waals surface area contributed by atoms with E-state index in [2.05, 4.69) is 53.4 Å². The van der Waals surface area contributed by atoms with Crippen LogP contribution in [0.3, 0.4) is 0 Å². The summed E-state index contributed by atoms with van der Waals surface area (Å²) >= 11 is 0. The first-order valence-electron chi connectivity index (χ1n) is 9.44. The third kappa shape index (κ3) is 6.94. The molecule has 0 amide bonds. The Morgan fingerprint density at radius 3 is 2.80 bits per heavy atom. The molecule has 1 unspecified atom stereocenters. The zero-order chi connectivity index (χ0) is 17.9. The van der Waals surface area contributed by atoms with Gasteiger partial charge in [-0.15, -0.1) is 0 Å². The normalized spacial score (nSPS) is 17.6. The number of guanidine groups is 1. The molecule has 0 aliphatic carbocycles. The highest BCUT2D eigenvalue weighted by molar-refractivity contribution is 5.79. The lowest BCUT2D eigenvalue weighted by Crippen LogP contribution is -2.42. The van der Waals surface area contributed by atoms with Crippen LogP contribution in [0.15, 0.2) is 29.3 Å². The minimum absolute atomic E-state index is 0.615. The smallest absolute Gasteiger partial charge is 0.193 e. The molecule has 1 heterocycles. The van der Waals surface area contributed by atoms with Crippen molar-refractivity contribution in [1.82, 2.24) is 10.2 Å². The van der Waals surface area contributed by atoms with Gasteiger partial charge in [0.25, 0.3) is 0 Å². The molecule has 1 aromatic rings.